The molecule has 0 amide bonds. The molecule has 9 heavy (non-hydrogen) atoms. The van der Waals surface area contributed by atoms with Crippen LogP contribution in [0.3, 0.4) is 0 Å². The summed E-state index contributed by atoms with van der Waals surface area (Å²) in [6.45, 7) is 2.64. The number of H-pyrrole nitrogens is 1. The van der Waals surface area contributed by atoms with Crippen LogP contribution < -0.4 is 5.69 Å². The smallest absolute Gasteiger partial charge is 0.242 e. The lowest BCUT2D eigenvalue weighted by molar-refractivity contribution is 0.564. The Labute approximate surface area is 51.7 Å². The van der Waals surface area contributed by atoms with Crippen LogP contribution in [0, 0.1) is 0 Å². The minimum Gasteiger partial charge on any atom is -0.242 e. The number of hydrogen-bond donors (Lipinski definition) is 1. The molecule has 0 fully saturated rings. The largest absolute Gasteiger partial charge is 0.383 e. The Bertz CT molecular complexity index is 224. The number of aromatic amines is 1. The average Bonchev–Trinajstić information content (AvgIpc) is 2.18. The second kappa shape index (κ2) is 2.43. The van der Waals surface area contributed by atoms with E-state index in [4.69, 9.17) is 0 Å². The van der Waals surface area contributed by atoms with E-state index < -0.39 is 0 Å². The first-order chi connectivity index (χ1) is 4.34. The molecule has 1 aromatic rings. The van der Waals surface area contributed by atoms with Gasteiger partial charge in [-0.05, 0) is 11.6 Å². The Morgan fingerprint density at radius 2 is 2.56 bits per heavy atom. The monoisotopic (exact) mass is 128 g/mol. The van der Waals surface area contributed by atoms with Gasteiger partial charge in [0.25, 0.3) is 0 Å². The zero-order chi connectivity index (χ0) is 6.69. The molecule has 5 nitrogen and oxygen atoms in total. The quantitative estimate of drug-likeness (QED) is 0.577. The first-order valence-electron chi connectivity index (χ1n) is 2.82. The van der Waals surface area contributed by atoms with Crippen molar-refractivity contribution in [1.29, 1.82) is 0 Å². The van der Waals surface area contributed by atoms with Crippen molar-refractivity contribution in [3.05, 3.63) is 10.5 Å². The molecular formula is C4H8N4O. The van der Waals surface area contributed by atoms with Crippen molar-refractivity contribution < 1.29 is 0 Å². The minimum absolute atomic E-state index is 0.308. The summed E-state index contributed by atoms with van der Waals surface area (Å²) in [4.78, 5) is 10.6. The molecule has 0 aliphatic heterocycles. The van der Waals surface area contributed by atoms with Gasteiger partial charge in [-0.2, -0.15) is 5.21 Å². The van der Waals surface area contributed by atoms with Crippen molar-refractivity contribution in [2.75, 3.05) is 0 Å². The summed E-state index contributed by atoms with van der Waals surface area (Å²) >= 11 is 0. The summed E-state index contributed by atoms with van der Waals surface area (Å²) in [5, 5.41) is 9.00. The van der Waals surface area contributed by atoms with Crippen LogP contribution in [0.15, 0.2) is 4.79 Å². The van der Waals surface area contributed by atoms with Crippen molar-refractivity contribution in [3.8, 4) is 0 Å². The van der Waals surface area contributed by atoms with E-state index in [2.05, 4.69) is 15.5 Å². The molecule has 0 aromatic carbocycles. The van der Waals surface area contributed by atoms with Crippen LogP contribution in [-0.2, 0) is 6.54 Å². The predicted molar refractivity (Wildman–Crippen MR) is 30.9 cm³/mol. The fourth-order valence-corrected chi connectivity index (χ4v) is 0.585. The van der Waals surface area contributed by atoms with Gasteiger partial charge in [0.1, 0.15) is 0 Å². The van der Waals surface area contributed by atoms with Gasteiger partial charge < -0.3 is 0 Å². The predicted octanol–water partition coefficient (Wildman–Crippen LogP) is -0.624. The minimum atomic E-state index is -0.308. The molecule has 0 radical (unpaired) electrons. The fourth-order valence-electron chi connectivity index (χ4n) is 0.585. The van der Waals surface area contributed by atoms with Crippen molar-refractivity contribution in [2.45, 2.75) is 19.9 Å². The molecule has 1 rings (SSSR count). The second-order valence-electron chi connectivity index (χ2n) is 1.73. The highest BCUT2D eigenvalue weighted by Crippen LogP contribution is 1.76. The van der Waals surface area contributed by atoms with Gasteiger partial charge >= 0.3 is 5.69 Å². The number of aryl methyl sites for hydroxylation is 1. The molecular weight excluding hydrogens is 120 g/mol. The van der Waals surface area contributed by atoms with E-state index in [-0.39, 0.29) is 5.69 Å². The topological polar surface area (TPSA) is 63.6 Å². The molecule has 50 valence electrons. The molecule has 0 atom stereocenters. The molecule has 0 saturated heterocycles. The number of nitrogens with zero attached hydrogens (tertiary/aromatic N) is 3. The van der Waals surface area contributed by atoms with E-state index in [1.54, 1.807) is 0 Å². The van der Waals surface area contributed by atoms with Crippen molar-refractivity contribution in [3.63, 3.8) is 0 Å². The van der Waals surface area contributed by atoms with Gasteiger partial charge in [-0.3, -0.25) is 0 Å². The van der Waals surface area contributed by atoms with Gasteiger partial charge in [-0.25, -0.2) is 9.48 Å². The summed E-state index contributed by atoms with van der Waals surface area (Å²) in [6, 6.07) is 0. The molecule has 0 saturated carbocycles. The third-order valence-electron chi connectivity index (χ3n) is 0.979. The SMILES string of the molecule is CCCn1[nH]nnc1=O. The number of tetrazole rings is 1. The highest BCUT2D eigenvalue weighted by molar-refractivity contribution is 4.49. The molecule has 5 heteroatoms. The summed E-state index contributed by atoms with van der Waals surface area (Å²) in [5.74, 6) is 0. The Morgan fingerprint density at radius 1 is 1.78 bits per heavy atom. The summed E-state index contributed by atoms with van der Waals surface area (Å²) in [5.41, 5.74) is -0.308. The van der Waals surface area contributed by atoms with Crippen LogP contribution in [0.2, 0.25) is 0 Å². The Morgan fingerprint density at radius 3 is 3.00 bits per heavy atom. The van der Waals surface area contributed by atoms with Gasteiger partial charge in [-0.15, -0.1) is 0 Å². The lowest BCUT2D eigenvalue weighted by Crippen LogP contribution is -2.17. The third-order valence-corrected chi connectivity index (χ3v) is 0.979. The van der Waals surface area contributed by atoms with Gasteiger partial charge in [0, 0.05) is 6.54 Å². The Kier molecular flexibility index (Phi) is 1.62. The van der Waals surface area contributed by atoms with E-state index in [9.17, 15) is 4.79 Å². The van der Waals surface area contributed by atoms with Crippen molar-refractivity contribution >= 4 is 0 Å². The maximum absolute atomic E-state index is 10.6. The normalized spacial score (nSPS) is 9.89. The summed E-state index contributed by atoms with van der Waals surface area (Å²) in [7, 11) is 0. The molecule has 1 aromatic heterocycles. The molecule has 0 unspecified atom stereocenters. The second-order valence-corrected chi connectivity index (χ2v) is 1.73. The van der Waals surface area contributed by atoms with Crippen LogP contribution in [-0.4, -0.2) is 20.2 Å². The van der Waals surface area contributed by atoms with E-state index in [1.807, 2.05) is 6.92 Å². The van der Waals surface area contributed by atoms with Gasteiger partial charge in [-0.1, -0.05) is 12.0 Å². The number of aromatic nitrogens is 4. The van der Waals surface area contributed by atoms with E-state index in [1.165, 1.54) is 4.68 Å². The van der Waals surface area contributed by atoms with Crippen molar-refractivity contribution in [1.82, 2.24) is 20.2 Å². The van der Waals surface area contributed by atoms with E-state index in [0.717, 1.165) is 6.42 Å². The van der Waals surface area contributed by atoms with Gasteiger partial charge in [0.2, 0.25) is 0 Å². The first kappa shape index (κ1) is 6.00. The van der Waals surface area contributed by atoms with Crippen LogP contribution in [0.25, 0.3) is 0 Å². The lowest BCUT2D eigenvalue weighted by atomic mass is 10.5. The summed E-state index contributed by atoms with van der Waals surface area (Å²) < 4.78 is 1.36. The number of hydrogen-bond acceptors (Lipinski definition) is 3. The van der Waals surface area contributed by atoms with Crippen LogP contribution >= 0.6 is 0 Å². The molecule has 0 aliphatic carbocycles. The number of nitrogens with one attached hydrogen (secondary N) is 1. The first-order valence-corrected chi connectivity index (χ1v) is 2.82. The Hall–Kier alpha value is -1.13. The zero-order valence-electron chi connectivity index (χ0n) is 5.16. The standard InChI is InChI=1S/C4H8N4O/c1-2-3-8-4(9)5-6-7-8/h2-3H2,1H3,(H,5,7,9). The molecule has 0 spiro atoms. The lowest BCUT2D eigenvalue weighted by Gasteiger charge is -1.90. The van der Waals surface area contributed by atoms with Gasteiger partial charge in [0.05, 0.1) is 0 Å². The molecule has 0 bridgehead atoms. The molecule has 1 heterocycles. The highest BCUT2D eigenvalue weighted by Gasteiger charge is 1.93. The highest BCUT2D eigenvalue weighted by atomic mass is 16.2. The van der Waals surface area contributed by atoms with Crippen LogP contribution in [0.1, 0.15) is 13.3 Å². The summed E-state index contributed by atoms with van der Waals surface area (Å²) in [6.07, 6.45) is 0.907. The Balaban J connectivity index is 2.81. The van der Waals surface area contributed by atoms with Crippen molar-refractivity contribution in [2.24, 2.45) is 0 Å². The third kappa shape index (κ3) is 1.16. The van der Waals surface area contributed by atoms with Crippen LogP contribution in [0.4, 0.5) is 0 Å². The molecule has 1 N–H and O–H groups in total. The zero-order valence-corrected chi connectivity index (χ0v) is 5.16. The van der Waals surface area contributed by atoms with E-state index >= 15 is 0 Å². The van der Waals surface area contributed by atoms with E-state index in [0.29, 0.717) is 6.54 Å². The average molecular weight is 128 g/mol. The van der Waals surface area contributed by atoms with Crippen LogP contribution in [0.5, 0.6) is 0 Å². The maximum atomic E-state index is 10.6. The van der Waals surface area contributed by atoms with Gasteiger partial charge in [0.15, 0.2) is 0 Å². The molecule has 0 aliphatic rings. The maximum Gasteiger partial charge on any atom is 0.383 e. The fraction of sp³-hybridized carbons (Fsp3) is 0.750. The number of rotatable bonds is 2.